The number of amides is 1. The van der Waals surface area contributed by atoms with E-state index in [1.54, 1.807) is 23.9 Å². The van der Waals surface area contributed by atoms with Gasteiger partial charge in [0.25, 0.3) is 5.91 Å². The number of benzene rings is 1. The number of carbonyl (C=O) groups excluding carboxylic acids is 1. The maximum atomic E-state index is 12.6. The van der Waals surface area contributed by atoms with Gasteiger partial charge in [-0.25, -0.2) is 9.67 Å². The number of nitrogens with one attached hydrogen (secondary N) is 1. The largest absolute Gasteiger partial charge is 0.573 e. The molecule has 1 atom stereocenters. The summed E-state index contributed by atoms with van der Waals surface area (Å²) < 4.78 is 42.2. The van der Waals surface area contributed by atoms with Crippen molar-refractivity contribution < 1.29 is 27.8 Å². The monoisotopic (exact) mass is 422 g/mol. The maximum Gasteiger partial charge on any atom is 0.573 e. The molecule has 0 aliphatic heterocycles. The number of aliphatic hydroxyl groups is 1. The van der Waals surface area contributed by atoms with E-state index in [2.05, 4.69) is 20.1 Å². The summed E-state index contributed by atoms with van der Waals surface area (Å²) in [5.41, 5.74) is 1.89. The van der Waals surface area contributed by atoms with Crippen LogP contribution in [0.2, 0.25) is 0 Å². The molecule has 0 aliphatic rings. The number of pyridine rings is 1. The SMILES string of the molecule is Cc1nc2c(cnn2C(C)C)cc1C(=O)NCC(O)c1ccc(OC(F)(F)F)cc1. The molecule has 0 radical (unpaired) electrons. The van der Waals surface area contributed by atoms with Gasteiger partial charge in [-0.2, -0.15) is 5.10 Å². The Labute approximate surface area is 170 Å². The lowest BCUT2D eigenvalue weighted by atomic mass is 10.1. The molecule has 10 heteroatoms. The third kappa shape index (κ3) is 4.88. The molecule has 7 nitrogen and oxygen atoms in total. The normalized spacial score (nSPS) is 12.9. The van der Waals surface area contributed by atoms with Gasteiger partial charge in [-0.05, 0) is 44.5 Å². The van der Waals surface area contributed by atoms with Gasteiger partial charge in [-0.15, -0.1) is 13.2 Å². The van der Waals surface area contributed by atoms with E-state index in [0.717, 1.165) is 17.5 Å². The number of aryl methyl sites for hydroxylation is 1. The van der Waals surface area contributed by atoms with Crippen molar-refractivity contribution in [1.29, 1.82) is 0 Å². The standard InChI is InChI=1S/C20H21F3N4O3/c1-11(2)27-18-14(9-25-27)8-16(12(3)26-18)19(29)24-10-17(28)13-4-6-15(7-5-13)30-20(21,22)23/h4-9,11,17,28H,10H2,1-3H3,(H,24,29). The summed E-state index contributed by atoms with van der Waals surface area (Å²) in [6.07, 6.45) is -4.25. The van der Waals surface area contributed by atoms with E-state index in [4.69, 9.17) is 0 Å². The number of ether oxygens (including phenoxy) is 1. The van der Waals surface area contributed by atoms with Crippen molar-refractivity contribution >= 4 is 16.9 Å². The van der Waals surface area contributed by atoms with E-state index in [0.29, 0.717) is 22.5 Å². The second-order valence-corrected chi connectivity index (χ2v) is 7.06. The first-order valence-corrected chi connectivity index (χ1v) is 9.22. The minimum atomic E-state index is -4.78. The van der Waals surface area contributed by atoms with Crippen LogP contribution in [0.15, 0.2) is 36.5 Å². The molecule has 0 saturated heterocycles. The fourth-order valence-corrected chi connectivity index (χ4v) is 2.97. The molecule has 3 rings (SSSR count). The summed E-state index contributed by atoms with van der Waals surface area (Å²) in [7, 11) is 0. The van der Waals surface area contributed by atoms with Gasteiger partial charge in [-0.3, -0.25) is 4.79 Å². The Kier molecular flexibility index (Phi) is 5.97. The molecule has 160 valence electrons. The van der Waals surface area contributed by atoms with Crippen LogP contribution in [0.25, 0.3) is 11.0 Å². The Hall–Kier alpha value is -3.14. The summed E-state index contributed by atoms with van der Waals surface area (Å²) in [6, 6.07) is 6.62. The van der Waals surface area contributed by atoms with Crippen LogP contribution in [-0.2, 0) is 0 Å². The molecule has 2 heterocycles. The zero-order valence-electron chi connectivity index (χ0n) is 16.6. The number of aliphatic hydroxyl groups excluding tert-OH is 1. The highest BCUT2D eigenvalue weighted by Gasteiger charge is 2.31. The molecule has 2 aromatic heterocycles. The van der Waals surface area contributed by atoms with Crippen LogP contribution in [0.1, 0.15) is 47.6 Å². The lowest BCUT2D eigenvalue weighted by Gasteiger charge is -2.14. The first-order valence-electron chi connectivity index (χ1n) is 9.22. The number of fused-ring (bicyclic) bond motifs is 1. The number of alkyl halides is 3. The zero-order chi connectivity index (χ0) is 22.1. The van der Waals surface area contributed by atoms with Crippen molar-refractivity contribution in [3.63, 3.8) is 0 Å². The molecule has 1 amide bonds. The lowest BCUT2D eigenvalue weighted by Crippen LogP contribution is -2.29. The van der Waals surface area contributed by atoms with Crippen molar-refractivity contribution in [2.75, 3.05) is 6.54 Å². The predicted molar refractivity (Wildman–Crippen MR) is 103 cm³/mol. The highest BCUT2D eigenvalue weighted by molar-refractivity contribution is 5.98. The average Bonchev–Trinajstić information content (AvgIpc) is 3.07. The topological polar surface area (TPSA) is 89.3 Å². The van der Waals surface area contributed by atoms with Gasteiger partial charge in [0.2, 0.25) is 0 Å². The van der Waals surface area contributed by atoms with Gasteiger partial charge < -0.3 is 15.2 Å². The highest BCUT2D eigenvalue weighted by atomic mass is 19.4. The molecule has 1 aromatic carbocycles. The minimum absolute atomic E-state index is 0.122. The molecule has 0 spiro atoms. The van der Waals surface area contributed by atoms with Gasteiger partial charge in [0, 0.05) is 18.0 Å². The van der Waals surface area contributed by atoms with Crippen LogP contribution >= 0.6 is 0 Å². The lowest BCUT2D eigenvalue weighted by molar-refractivity contribution is -0.274. The van der Waals surface area contributed by atoms with Gasteiger partial charge in [0.05, 0.1) is 23.6 Å². The van der Waals surface area contributed by atoms with E-state index < -0.39 is 18.4 Å². The number of rotatable bonds is 6. The second-order valence-electron chi connectivity index (χ2n) is 7.06. The summed E-state index contributed by atoms with van der Waals surface area (Å²) in [6.45, 7) is 5.54. The van der Waals surface area contributed by atoms with Gasteiger partial charge in [0.15, 0.2) is 5.65 Å². The van der Waals surface area contributed by atoms with Crippen LogP contribution in [0.3, 0.4) is 0 Å². The number of hydrogen-bond donors (Lipinski definition) is 2. The van der Waals surface area contributed by atoms with E-state index >= 15 is 0 Å². The maximum absolute atomic E-state index is 12.6. The number of hydrogen-bond acceptors (Lipinski definition) is 5. The number of aromatic nitrogens is 3. The molecule has 1 unspecified atom stereocenters. The average molecular weight is 422 g/mol. The molecule has 0 fully saturated rings. The van der Waals surface area contributed by atoms with Crippen molar-refractivity contribution in [2.24, 2.45) is 0 Å². The van der Waals surface area contributed by atoms with Crippen LogP contribution < -0.4 is 10.1 Å². The van der Waals surface area contributed by atoms with Gasteiger partial charge >= 0.3 is 6.36 Å². The van der Waals surface area contributed by atoms with Crippen molar-refractivity contribution in [3.05, 3.63) is 53.3 Å². The van der Waals surface area contributed by atoms with E-state index in [1.807, 2.05) is 13.8 Å². The smallest absolute Gasteiger partial charge is 0.406 e. The number of halogens is 3. The van der Waals surface area contributed by atoms with Crippen LogP contribution in [0.5, 0.6) is 5.75 Å². The van der Waals surface area contributed by atoms with Crippen LogP contribution in [-0.4, -0.2) is 38.7 Å². The molecule has 2 N–H and O–H groups in total. The number of nitrogens with zero attached hydrogens (tertiary/aromatic N) is 3. The zero-order valence-corrected chi connectivity index (χ0v) is 16.6. The second kappa shape index (κ2) is 8.31. The third-order valence-corrected chi connectivity index (χ3v) is 4.45. The fraction of sp³-hybridized carbons (Fsp3) is 0.350. The molecular weight excluding hydrogens is 401 g/mol. The van der Waals surface area contributed by atoms with Crippen molar-refractivity contribution in [1.82, 2.24) is 20.1 Å². The Balaban J connectivity index is 1.67. The minimum Gasteiger partial charge on any atom is -0.406 e. The van der Waals surface area contributed by atoms with Crippen LogP contribution in [0, 0.1) is 6.92 Å². The predicted octanol–water partition coefficient (Wildman–Crippen LogP) is 3.68. The van der Waals surface area contributed by atoms with Crippen molar-refractivity contribution in [2.45, 2.75) is 39.3 Å². The Bertz CT molecular complexity index is 1050. The van der Waals surface area contributed by atoms with Crippen LogP contribution in [0.4, 0.5) is 13.2 Å². The molecule has 0 saturated carbocycles. The quantitative estimate of drug-likeness (QED) is 0.633. The first kappa shape index (κ1) is 21.6. The number of carbonyl (C=O) groups is 1. The van der Waals surface area contributed by atoms with Crippen molar-refractivity contribution in [3.8, 4) is 5.75 Å². The first-order chi connectivity index (χ1) is 14.0. The van der Waals surface area contributed by atoms with E-state index in [-0.39, 0.29) is 18.3 Å². The molecule has 3 aromatic rings. The highest BCUT2D eigenvalue weighted by Crippen LogP contribution is 2.24. The van der Waals surface area contributed by atoms with Gasteiger partial charge in [0.1, 0.15) is 5.75 Å². The summed E-state index contributed by atoms with van der Waals surface area (Å²) in [5, 5.41) is 17.9. The third-order valence-electron chi connectivity index (χ3n) is 4.45. The van der Waals surface area contributed by atoms with E-state index in [1.165, 1.54) is 12.1 Å². The summed E-state index contributed by atoms with van der Waals surface area (Å²) in [5.74, 6) is -0.810. The fourth-order valence-electron chi connectivity index (χ4n) is 2.97. The molecule has 0 aliphatic carbocycles. The van der Waals surface area contributed by atoms with Gasteiger partial charge in [-0.1, -0.05) is 12.1 Å². The Morgan fingerprint density at radius 1 is 1.27 bits per heavy atom. The van der Waals surface area contributed by atoms with E-state index in [9.17, 15) is 23.1 Å². The molecule has 30 heavy (non-hydrogen) atoms. The Morgan fingerprint density at radius 3 is 2.53 bits per heavy atom. The summed E-state index contributed by atoms with van der Waals surface area (Å²) in [4.78, 5) is 17.0. The molecule has 0 bridgehead atoms. The summed E-state index contributed by atoms with van der Waals surface area (Å²) >= 11 is 0. The Morgan fingerprint density at radius 2 is 1.93 bits per heavy atom. The molecular formula is C20H21F3N4O3.